The van der Waals surface area contributed by atoms with Crippen LogP contribution in [0.2, 0.25) is 0 Å². The second kappa shape index (κ2) is 4.84. The molecule has 84 valence electrons. The molecule has 0 spiro atoms. The number of thioether (sulfide) groups is 1. The van der Waals surface area contributed by atoms with Crippen LogP contribution >= 0.6 is 11.8 Å². The van der Waals surface area contributed by atoms with Gasteiger partial charge in [-0.25, -0.2) is 0 Å². The van der Waals surface area contributed by atoms with Crippen LogP contribution in [0.15, 0.2) is 24.3 Å². The molecule has 0 N–H and O–H groups in total. The Morgan fingerprint density at radius 1 is 1.20 bits per heavy atom. The van der Waals surface area contributed by atoms with E-state index in [2.05, 4.69) is 4.74 Å². The van der Waals surface area contributed by atoms with E-state index < -0.39 is 5.44 Å². The molecule has 1 rings (SSSR count). The van der Waals surface area contributed by atoms with Gasteiger partial charge in [0.2, 0.25) is 0 Å². The van der Waals surface area contributed by atoms with Crippen LogP contribution in [0.4, 0.5) is 8.78 Å². The second-order valence-electron chi connectivity index (χ2n) is 3.49. The molecular weight excluding hydrogens is 218 g/mol. The number of hydrogen-bond donors (Lipinski definition) is 0. The van der Waals surface area contributed by atoms with E-state index in [1.165, 1.54) is 6.26 Å². The van der Waals surface area contributed by atoms with E-state index in [0.717, 1.165) is 5.56 Å². The van der Waals surface area contributed by atoms with Gasteiger partial charge in [-0.3, -0.25) is 0 Å². The topological polar surface area (TPSA) is 9.23 Å². The number of hydrogen-bond acceptors (Lipinski definition) is 2. The third kappa shape index (κ3) is 3.70. The fraction of sp³-hybridized carbons (Fsp3) is 0.455. The average Bonchev–Trinajstić information content (AvgIpc) is 2.18. The first-order valence-electron chi connectivity index (χ1n) is 4.66. The summed E-state index contributed by atoms with van der Waals surface area (Å²) < 4.78 is 30.2. The normalized spacial score (nSPS) is 11.9. The molecule has 0 radical (unpaired) electrons. The molecule has 0 aliphatic carbocycles. The van der Waals surface area contributed by atoms with Gasteiger partial charge in [0.25, 0.3) is 0 Å². The molecule has 1 nitrogen and oxygen atoms in total. The summed E-state index contributed by atoms with van der Waals surface area (Å²) in [5, 5.41) is 0. The van der Waals surface area contributed by atoms with Crippen LogP contribution in [0.1, 0.15) is 25.3 Å². The summed E-state index contributed by atoms with van der Waals surface area (Å²) in [6.07, 6.45) is 1.31. The van der Waals surface area contributed by atoms with Crippen molar-refractivity contribution in [3.8, 4) is 5.75 Å². The fourth-order valence-corrected chi connectivity index (χ4v) is 1.28. The lowest BCUT2D eigenvalue weighted by Gasteiger charge is -2.15. The summed E-state index contributed by atoms with van der Waals surface area (Å²) in [6, 6.07) is 6.74. The average molecular weight is 232 g/mol. The van der Waals surface area contributed by atoms with Crippen molar-refractivity contribution >= 4 is 11.8 Å². The highest BCUT2D eigenvalue weighted by Gasteiger charge is 2.30. The van der Waals surface area contributed by atoms with Crippen LogP contribution in [-0.4, -0.2) is 11.7 Å². The van der Waals surface area contributed by atoms with E-state index in [-0.39, 0.29) is 5.75 Å². The Kier molecular flexibility index (Phi) is 3.97. The fourth-order valence-electron chi connectivity index (χ4n) is 1.10. The SMILES string of the molecule is CSC(F)(F)Oc1ccc(C(C)C)cc1. The quantitative estimate of drug-likeness (QED) is 0.723. The van der Waals surface area contributed by atoms with Crippen molar-refractivity contribution in [3.05, 3.63) is 29.8 Å². The van der Waals surface area contributed by atoms with Crippen LogP contribution in [0.3, 0.4) is 0 Å². The van der Waals surface area contributed by atoms with Crippen molar-refractivity contribution in [1.29, 1.82) is 0 Å². The Bertz CT molecular complexity index is 309. The van der Waals surface area contributed by atoms with Gasteiger partial charge in [0.05, 0.1) is 0 Å². The Morgan fingerprint density at radius 3 is 2.13 bits per heavy atom. The summed E-state index contributed by atoms with van der Waals surface area (Å²) in [6.45, 7) is 4.10. The van der Waals surface area contributed by atoms with E-state index in [1.54, 1.807) is 24.3 Å². The smallest absolute Gasteiger partial charge is 0.424 e. The third-order valence-corrected chi connectivity index (χ3v) is 2.58. The van der Waals surface area contributed by atoms with Crippen LogP contribution in [0, 0.1) is 0 Å². The van der Waals surface area contributed by atoms with Gasteiger partial charge in [0.1, 0.15) is 5.75 Å². The monoisotopic (exact) mass is 232 g/mol. The molecule has 0 aromatic heterocycles. The molecule has 0 bridgehead atoms. The Balaban J connectivity index is 2.73. The molecule has 0 saturated carbocycles. The van der Waals surface area contributed by atoms with Gasteiger partial charge in [0, 0.05) is 0 Å². The summed E-state index contributed by atoms with van der Waals surface area (Å²) in [7, 11) is 0. The maximum atomic E-state index is 12.8. The van der Waals surface area contributed by atoms with Crippen molar-refractivity contribution in [1.82, 2.24) is 0 Å². The lowest BCUT2D eigenvalue weighted by atomic mass is 10.0. The Labute approximate surface area is 92.8 Å². The number of benzene rings is 1. The first-order valence-corrected chi connectivity index (χ1v) is 5.89. The van der Waals surface area contributed by atoms with Crippen molar-refractivity contribution in [3.63, 3.8) is 0 Å². The van der Waals surface area contributed by atoms with Crippen molar-refractivity contribution in [2.24, 2.45) is 0 Å². The molecule has 0 aliphatic heterocycles. The zero-order valence-corrected chi connectivity index (χ0v) is 9.78. The molecule has 0 heterocycles. The van der Waals surface area contributed by atoms with Crippen LogP contribution in [-0.2, 0) is 0 Å². The molecule has 0 unspecified atom stereocenters. The zero-order chi connectivity index (χ0) is 11.5. The number of alkyl halides is 2. The van der Waals surface area contributed by atoms with E-state index in [0.29, 0.717) is 17.7 Å². The van der Waals surface area contributed by atoms with E-state index in [4.69, 9.17) is 0 Å². The molecule has 0 aliphatic rings. The highest BCUT2D eigenvalue weighted by molar-refractivity contribution is 7.99. The molecule has 0 atom stereocenters. The van der Waals surface area contributed by atoms with Gasteiger partial charge in [-0.2, -0.15) is 8.78 Å². The molecule has 1 aromatic rings. The van der Waals surface area contributed by atoms with E-state index in [9.17, 15) is 8.78 Å². The largest absolute Gasteiger partial charge is 0.452 e. The Morgan fingerprint density at radius 2 is 1.73 bits per heavy atom. The number of halogens is 2. The molecule has 0 amide bonds. The van der Waals surface area contributed by atoms with Gasteiger partial charge < -0.3 is 4.74 Å². The third-order valence-electron chi connectivity index (χ3n) is 2.02. The molecule has 0 fully saturated rings. The van der Waals surface area contributed by atoms with Crippen molar-refractivity contribution < 1.29 is 13.5 Å². The summed E-state index contributed by atoms with van der Waals surface area (Å²) >= 11 is 0.377. The van der Waals surface area contributed by atoms with Gasteiger partial charge in [-0.05, 0) is 41.6 Å². The lowest BCUT2D eigenvalue weighted by Crippen LogP contribution is -2.18. The number of rotatable bonds is 4. The highest BCUT2D eigenvalue weighted by atomic mass is 32.2. The minimum Gasteiger partial charge on any atom is -0.424 e. The van der Waals surface area contributed by atoms with Crippen molar-refractivity contribution in [2.75, 3.05) is 6.26 Å². The van der Waals surface area contributed by atoms with E-state index in [1.807, 2.05) is 13.8 Å². The lowest BCUT2D eigenvalue weighted by molar-refractivity contribution is -0.0875. The molecule has 0 saturated heterocycles. The molecule has 15 heavy (non-hydrogen) atoms. The van der Waals surface area contributed by atoms with Crippen molar-refractivity contribution in [2.45, 2.75) is 25.2 Å². The minimum absolute atomic E-state index is 0.193. The maximum absolute atomic E-state index is 12.8. The predicted octanol–water partition coefficient (Wildman–Crippen LogP) is 4.10. The van der Waals surface area contributed by atoms with Gasteiger partial charge in [-0.15, -0.1) is 0 Å². The number of ether oxygens (including phenoxy) is 1. The minimum atomic E-state index is -3.15. The molecule has 1 aromatic carbocycles. The summed E-state index contributed by atoms with van der Waals surface area (Å²) in [5.41, 5.74) is -2.05. The highest BCUT2D eigenvalue weighted by Crippen LogP contribution is 2.30. The molecule has 4 heteroatoms. The van der Waals surface area contributed by atoms with Crippen LogP contribution in [0.5, 0.6) is 5.75 Å². The van der Waals surface area contributed by atoms with Gasteiger partial charge in [0.15, 0.2) is 0 Å². The standard InChI is InChI=1S/C11H14F2OS/c1-8(2)9-4-6-10(7-5-9)14-11(12,13)15-3/h4-8H,1-3H3. The first-order chi connectivity index (χ1) is 6.94. The first kappa shape index (κ1) is 12.3. The summed E-state index contributed by atoms with van der Waals surface area (Å²) in [4.78, 5) is 0. The molecular formula is C11H14F2OS. The zero-order valence-electron chi connectivity index (χ0n) is 8.96. The second-order valence-corrected chi connectivity index (χ2v) is 4.38. The van der Waals surface area contributed by atoms with Gasteiger partial charge >= 0.3 is 5.44 Å². The maximum Gasteiger partial charge on any atom is 0.452 e. The summed E-state index contributed by atoms with van der Waals surface area (Å²) in [5.74, 6) is 0.582. The van der Waals surface area contributed by atoms with Crippen LogP contribution in [0.25, 0.3) is 0 Å². The predicted molar refractivity (Wildman–Crippen MR) is 59.6 cm³/mol. The van der Waals surface area contributed by atoms with Gasteiger partial charge in [-0.1, -0.05) is 26.0 Å². The van der Waals surface area contributed by atoms with Crippen LogP contribution < -0.4 is 4.74 Å². The van der Waals surface area contributed by atoms with E-state index >= 15 is 0 Å². The Hall–Kier alpha value is -0.770.